The molecule has 0 aliphatic carbocycles. The number of nitrogens with zero attached hydrogens (tertiary/aromatic N) is 2. The third-order valence-corrected chi connectivity index (χ3v) is 6.75. The first-order valence-corrected chi connectivity index (χ1v) is 11.0. The summed E-state index contributed by atoms with van der Waals surface area (Å²) in [5.41, 5.74) is 10.0. The van der Waals surface area contributed by atoms with E-state index in [1.165, 1.54) is 55.2 Å². The zero-order valence-corrected chi connectivity index (χ0v) is 17.7. The molecule has 6 rings (SSSR count). The van der Waals surface area contributed by atoms with E-state index in [0.717, 1.165) is 0 Å². The normalized spacial score (nSPS) is 11.7. The number of fused-ring (bicyclic) bond motifs is 2. The second-order valence-electron chi connectivity index (χ2n) is 7.85. The SMILES string of the molecule is Cn1cc(-c2c[nH]cc2-c2cn(C)c3cc(-c4ccsc4)ccc23)c2ccccc21. The van der Waals surface area contributed by atoms with Crippen LogP contribution in [-0.2, 0) is 14.1 Å². The van der Waals surface area contributed by atoms with Gasteiger partial charge in [-0.05, 0) is 40.1 Å². The molecular formula is C26H21N3S. The highest BCUT2D eigenvalue weighted by Gasteiger charge is 2.17. The summed E-state index contributed by atoms with van der Waals surface area (Å²) in [6, 6.07) is 17.6. The van der Waals surface area contributed by atoms with Crippen molar-refractivity contribution in [3.05, 3.63) is 84.1 Å². The van der Waals surface area contributed by atoms with Crippen molar-refractivity contribution in [1.82, 2.24) is 14.1 Å². The first kappa shape index (κ1) is 17.4. The van der Waals surface area contributed by atoms with Crippen LogP contribution in [0.2, 0.25) is 0 Å². The first-order chi connectivity index (χ1) is 14.7. The van der Waals surface area contributed by atoms with Crippen LogP contribution in [0.3, 0.4) is 0 Å². The largest absolute Gasteiger partial charge is 0.366 e. The van der Waals surface area contributed by atoms with Crippen LogP contribution in [0.1, 0.15) is 0 Å². The Morgan fingerprint density at radius 2 is 1.40 bits per heavy atom. The molecule has 0 aliphatic heterocycles. The highest BCUT2D eigenvalue weighted by atomic mass is 32.1. The fraction of sp³-hybridized carbons (Fsp3) is 0.0769. The Balaban J connectivity index is 1.55. The van der Waals surface area contributed by atoms with E-state index < -0.39 is 0 Å². The Hall–Kier alpha value is -3.50. The maximum absolute atomic E-state index is 3.36. The highest BCUT2D eigenvalue weighted by molar-refractivity contribution is 7.08. The van der Waals surface area contributed by atoms with E-state index in [1.807, 2.05) is 0 Å². The van der Waals surface area contributed by atoms with Gasteiger partial charge in [-0.15, -0.1) is 0 Å². The second-order valence-corrected chi connectivity index (χ2v) is 8.63. The molecular weight excluding hydrogens is 386 g/mol. The lowest BCUT2D eigenvalue weighted by atomic mass is 9.97. The molecule has 1 N–H and O–H groups in total. The molecule has 0 saturated carbocycles. The molecule has 146 valence electrons. The molecule has 0 aliphatic rings. The Labute approximate surface area is 178 Å². The minimum Gasteiger partial charge on any atom is -0.366 e. The van der Waals surface area contributed by atoms with Gasteiger partial charge in [0.1, 0.15) is 0 Å². The Morgan fingerprint density at radius 3 is 2.13 bits per heavy atom. The van der Waals surface area contributed by atoms with Crippen molar-refractivity contribution in [2.45, 2.75) is 0 Å². The van der Waals surface area contributed by atoms with Crippen LogP contribution in [-0.4, -0.2) is 14.1 Å². The summed E-state index contributed by atoms with van der Waals surface area (Å²) in [6.07, 6.45) is 8.73. The fourth-order valence-corrected chi connectivity index (χ4v) is 5.24. The quantitative estimate of drug-likeness (QED) is 0.325. The Morgan fingerprint density at radius 1 is 0.700 bits per heavy atom. The van der Waals surface area contributed by atoms with Crippen molar-refractivity contribution in [3.8, 4) is 33.4 Å². The minimum atomic E-state index is 1.24. The van der Waals surface area contributed by atoms with E-state index in [9.17, 15) is 0 Å². The Kier molecular flexibility index (Phi) is 3.77. The monoisotopic (exact) mass is 407 g/mol. The average molecular weight is 408 g/mol. The van der Waals surface area contributed by atoms with Gasteiger partial charge in [-0.2, -0.15) is 11.3 Å². The zero-order chi connectivity index (χ0) is 20.2. The molecule has 0 bridgehead atoms. The molecule has 6 aromatic rings. The van der Waals surface area contributed by atoms with Gasteiger partial charge in [0.15, 0.2) is 0 Å². The number of thiophene rings is 1. The van der Waals surface area contributed by atoms with Crippen molar-refractivity contribution in [2.24, 2.45) is 14.1 Å². The van der Waals surface area contributed by atoms with Crippen LogP contribution >= 0.6 is 11.3 Å². The lowest BCUT2D eigenvalue weighted by Crippen LogP contribution is -1.84. The number of benzene rings is 2. The van der Waals surface area contributed by atoms with Crippen molar-refractivity contribution < 1.29 is 0 Å². The fourth-order valence-electron chi connectivity index (χ4n) is 4.57. The maximum atomic E-state index is 3.36. The van der Waals surface area contributed by atoms with Crippen molar-refractivity contribution in [3.63, 3.8) is 0 Å². The van der Waals surface area contributed by atoms with Gasteiger partial charge < -0.3 is 14.1 Å². The van der Waals surface area contributed by atoms with E-state index in [0.29, 0.717) is 0 Å². The van der Waals surface area contributed by atoms with Crippen LogP contribution in [0.5, 0.6) is 0 Å². The van der Waals surface area contributed by atoms with Crippen molar-refractivity contribution >= 4 is 33.1 Å². The summed E-state index contributed by atoms with van der Waals surface area (Å²) < 4.78 is 4.44. The topological polar surface area (TPSA) is 25.6 Å². The van der Waals surface area contributed by atoms with Gasteiger partial charge in [0.25, 0.3) is 0 Å². The van der Waals surface area contributed by atoms with E-state index >= 15 is 0 Å². The van der Waals surface area contributed by atoms with Gasteiger partial charge in [-0.1, -0.05) is 30.3 Å². The predicted octanol–water partition coefficient (Wildman–Crippen LogP) is 7.06. The maximum Gasteiger partial charge on any atom is 0.0490 e. The van der Waals surface area contributed by atoms with Gasteiger partial charge in [0.2, 0.25) is 0 Å². The molecule has 0 amide bonds. The number of H-pyrrole nitrogens is 1. The van der Waals surface area contributed by atoms with Crippen molar-refractivity contribution in [2.75, 3.05) is 0 Å². The lowest BCUT2D eigenvalue weighted by Gasteiger charge is -2.04. The number of para-hydroxylation sites is 1. The molecule has 4 heteroatoms. The minimum absolute atomic E-state index is 1.24. The third kappa shape index (κ3) is 2.50. The van der Waals surface area contributed by atoms with Gasteiger partial charge in [-0.25, -0.2) is 0 Å². The predicted molar refractivity (Wildman–Crippen MR) is 128 cm³/mol. The number of hydrogen-bond acceptors (Lipinski definition) is 1. The number of aromatic nitrogens is 3. The molecule has 0 unspecified atom stereocenters. The summed E-state index contributed by atoms with van der Waals surface area (Å²) in [4.78, 5) is 3.36. The number of aromatic amines is 1. The number of rotatable bonds is 3. The molecule has 0 spiro atoms. The van der Waals surface area contributed by atoms with Crippen LogP contribution in [0, 0.1) is 0 Å². The highest BCUT2D eigenvalue weighted by Crippen LogP contribution is 2.40. The summed E-state index contributed by atoms with van der Waals surface area (Å²) in [7, 11) is 4.25. The van der Waals surface area contributed by atoms with Gasteiger partial charge in [-0.3, -0.25) is 0 Å². The first-order valence-electron chi connectivity index (χ1n) is 10.0. The summed E-state index contributed by atoms with van der Waals surface area (Å²) in [5, 5.41) is 6.89. The average Bonchev–Trinajstić information content (AvgIpc) is 3.55. The van der Waals surface area contributed by atoms with Crippen LogP contribution in [0.15, 0.2) is 84.1 Å². The van der Waals surface area contributed by atoms with E-state index in [1.54, 1.807) is 11.3 Å². The molecule has 4 aromatic heterocycles. The van der Waals surface area contributed by atoms with Gasteiger partial charge in [0, 0.05) is 82.9 Å². The molecule has 0 atom stereocenters. The number of hydrogen-bond donors (Lipinski definition) is 1. The summed E-state index contributed by atoms with van der Waals surface area (Å²) in [6.45, 7) is 0. The van der Waals surface area contributed by atoms with Gasteiger partial charge in [0.05, 0.1) is 0 Å². The molecule has 0 saturated heterocycles. The zero-order valence-electron chi connectivity index (χ0n) is 16.9. The second kappa shape index (κ2) is 6.51. The van der Waals surface area contributed by atoms with Gasteiger partial charge >= 0.3 is 0 Å². The molecule has 30 heavy (non-hydrogen) atoms. The van der Waals surface area contributed by atoms with Crippen LogP contribution in [0.25, 0.3) is 55.2 Å². The molecule has 2 aromatic carbocycles. The number of nitrogens with one attached hydrogen (secondary N) is 1. The summed E-state index contributed by atoms with van der Waals surface area (Å²) >= 11 is 1.74. The third-order valence-electron chi connectivity index (χ3n) is 6.07. The van der Waals surface area contributed by atoms with E-state index in [-0.39, 0.29) is 0 Å². The Bertz CT molecular complexity index is 1510. The summed E-state index contributed by atoms with van der Waals surface area (Å²) in [5.74, 6) is 0. The van der Waals surface area contributed by atoms with Crippen LogP contribution < -0.4 is 0 Å². The standard InChI is InChI=1S/C26H21N3S/c1-28-14-23(19-5-3-4-6-25(19)28)21-12-27-13-22(21)24-15-29(2)26-11-17(7-8-20(24)26)18-9-10-30-16-18/h3-16,27H,1-2H3. The van der Waals surface area contributed by atoms with E-state index in [4.69, 9.17) is 0 Å². The van der Waals surface area contributed by atoms with Crippen molar-refractivity contribution in [1.29, 1.82) is 0 Å². The lowest BCUT2D eigenvalue weighted by molar-refractivity contribution is 0.969. The molecule has 0 radical (unpaired) electrons. The molecule has 4 heterocycles. The molecule has 0 fully saturated rings. The molecule has 3 nitrogen and oxygen atoms in total. The van der Waals surface area contributed by atoms with Crippen LogP contribution in [0.4, 0.5) is 0 Å². The number of aryl methyl sites for hydroxylation is 2. The smallest absolute Gasteiger partial charge is 0.0490 e. The van der Waals surface area contributed by atoms with E-state index in [2.05, 4.69) is 112 Å².